The van der Waals surface area contributed by atoms with Crippen molar-refractivity contribution in [2.24, 2.45) is 5.92 Å². The lowest BCUT2D eigenvalue weighted by atomic mass is 9.69. The molecule has 1 aliphatic carbocycles. The van der Waals surface area contributed by atoms with E-state index < -0.39 is 29.5 Å². The zero-order valence-corrected chi connectivity index (χ0v) is 21.3. The summed E-state index contributed by atoms with van der Waals surface area (Å²) in [5.74, 6) is -2.87. The van der Waals surface area contributed by atoms with Gasteiger partial charge >= 0.3 is 5.97 Å². The van der Waals surface area contributed by atoms with Crippen LogP contribution < -0.4 is 9.64 Å². The van der Waals surface area contributed by atoms with E-state index in [1.165, 1.54) is 40.5 Å². The Morgan fingerprint density at radius 1 is 1.05 bits per heavy atom. The number of methoxy groups -OCH3 is 1. The Hall–Kier alpha value is -3.78. The molecule has 1 amide bonds. The van der Waals surface area contributed by atoms with Crippen molar-refractivity contribution >= 4 is 34.7 Å². The molecule has 0 fully saturated rings. The first-order valence-electron chi connectivity index (χ1n) is 12.1. The zero-order valence-electron chi connectivity index (χ0n) is 20.5. The Morgan fingerprint density at radius 3 is 2.41 bits per heavy atom. The minimum Gasteiger partial charge on any atom is -0.497 e. The first-order valence-corrected chi connectivity index (χ1v) is 13.0. The summed E-state index contributed by atoms with van der Waals surface area (Å²) in [5, 5.41) is 1.90. The molecule has 0 unspecified atom stereocenters. The number of ether oxygens (including phenoxy) is 2. The number of Topliss-reactive ketones (excluding diaryl/α,β-unsaturated/α-hetero) is 1. The van der Waals surface area contributed by atoms with E-state index in [0.29, 0.717) is 29.1 Å². The summed E-state index contributed by atoms with van der Waals surface area (Å²) in [6, 6.07) is 16.7. The lowest BCUT2D eigenvalue weighted by Crippen LogP contribution is -2.46. The van der Waals surface area contributed by atoms with E-state index in [9.17, 15) is 18.8 Å². The van der Waals surface area contributed by atoms with Gasteiger partial charge < -0.3 is 9.47 Å². The lowest BCUT2D eigenvalue weighted by Gasteiger charge is -2.42. The molecule has 1 aliphatic heterocycles. The van der Waals surface area contributed by atoms with Crippen LogP contribution in [0.25, 0.3) is 0 Å². The Bertz CT molecular complexity index is 1350. The highest BCUT2D eigenvalue weighted by atomic mass is 32.1. The number of ketones is 1. The van der Waals surface area contributed by atoms with E-state index in [-0.39, 0.29) is 24.7 Å². The molecule has 0 bridgehead atoms. The van der Waals surface area contributed by atoms with Crippen LogP contribution in [0.2, 0.25) is 0 Å². The van der Waals surface area contributed by atoms with Crippen molar-refractivity contribution in [1.82, 2.24) is 0 Å². The molecule has 2 heterocycles. The van der Waals surface area contributed by atoms with Gasteiger partial charge in [0.1, 0.15) is 17.5 Å². The van der Waals surface area contributed by atoms with E-state index in [2.05, 4.69) is 0 Å². The third kappa shape index (κ3) is 4.57. The Morgan fingerprint density at radius 2 is 1.78 bits per heavy atom. The largest absolute Gasteiger partial charge is 0.497 e. The molecule has 2 aliphatic rings. The van der Waals surface area contributed by atoms with E-state index in [1.54, 1.807) is 26.2 Å². The van der Waals surface area contributed by atoms with E-state index in [0.717, 1.165) is 10.4 Å². The van der Waals surface area contributed by atoms with Gasteiger partial charge in [0.2, 0.25) is 5.91 Å². The summed E-state index contributed by atoms with van der Waals surface area (Å²) < 4.78 is 24.4. The molecule has 37 heavy (non-hydrogen) atoms. The number of carbonyl (C=O) groups is 3. The van der Waals surface area contributed by atoms with Gasteiger partial charge in [-0.1, -0.05) is 18.2 Å². The van der Waals surface area contributed by atoms with Gasteiger partial charge in [-0.2, -0.15) is 0 Å². The Labute approximate surface area is 218 Å². The summed E-state index contributed by atoms with van der Waals surface area (Å²) in [5.41, 5.74) is 2.25. The second kappa shape index (κ2) is 10.3. The van der Waals surface area contributed by atoms with Crippen molar-refractivity contribution in [3.63, 3.8) is 0 Å². The Balaban J connectivity index is 1.70. The minimum absolute atomic E-state index is 0.0352. The summed E-state index contributed by atoms with van der Waals surface area (Å²) in [6.45, 7) is 1.87. The highest BCUT2D eigenvalue weighted by molar-refractivity contribution is 7.10. The Kier molecular flexibility index (Phi) is 6.93. The molecular formula is C29H26FNO5S. The molecule has 3 aromatic rings. The van der Waals surface area contributed by atoms with Crippen LogP contribution >= 0.6 is 11.3 Å². The minimum atomic E-state index is -1.01. The van der Waals surface area contributed by atoms with E-state index in [4.69, 9.17) is 9.47 Å². The normalized spacial score (nSPS) is 21.6. The average molecular weight is 520 g/mol. The van der Waals surface area contributed by atoms with Gasteiger partial charge in [0.25, 0.3) is 0 Å². The van der Waals surface area contributed by atoms with Crippen molar-refractivity contribution < 1.29 is 28.2 Å². The predicted octanol–water partition coefficient (Wildman–Crippen LogP) is 5.61. The highest BCUT2D eigenvalue weighted by Crippen LogP contribution is 2.50. The molecule has 1 aromatic heterocycles. The van der Waals surface area contributed by atoms with Gasteiger partial charge in [0.05, 0.1) is 13.7 Å². The van der Waals surface area contributed by atoms with Crippen LogP contribution in [-0.2, 0) is 19.1 Å². The molecular weight excluding hydrogens is 493 g/mol. The number of thiophene rings is 1. The standard InChI is InChI=1S/C29H26FNO5S/c1-3-36-29(34)27-22(24-5-4-14-37-24)15-23-26(28(27)33)21(17-6-12-20(35-2)13-7-17)16-25(32)31(23)19-10-8-18(30)9-11-19/h4-14,21-22,27H,3,15-16H2,1-2H3/t21-,22+,27+/m1/s1. The molecule has 5 rings (SSSR count). The number of esters is 1. The van der Waals surface area contributed by atoms with Gasteiger partial charge in [-0.05, 0) is 66.8 Å². The quantitative estimate of drug-likeness (QED) is 0.313. The summed E-state index contributed by atoms with van der Waals surface area (Å²) in [7, 11) is 1.57. The first-order chi connectivity index (χ1) is 17.9. The van der Waals surface area contributed by atoms with Crippen molar-refractivity contribution in [3.05, 3.63) is 93.6 Å². The number of anilines is 1. The number of benzene rings is 2. The number of rotatable bonds is 6. The van der Waals surface area contributed by atoms with Gasteiger partial charge in [0, 0.05) is 40.1 Å². The smallest absolute Gasteiger partial charge is 0.317 e. The zero-order chi connectivity index (χ0) is 26.1. The first kappa shape index (κ1) is 24.9. The second-order valence-electron chi connectivity index (χ2n) is 9.02. The number of hydrogen-bond acceptors (Lipinski definition) is 6. The van der Waals surface area contributed by atoms with Crippen LogP contribution in [0.5, 0.6) is 5.75 Å². The summed E-state index contributed by atoms with van der Waals surface area (Å²) in [6.07, 6.45) is 0.328. The fourth-order valence-corrected chi connectivity index (χ4v) is 6.18. The molecule has 0 radical (unpaired) electrons. The molecule has 3 atom stereocenters. The van der Waals surface area contributed by atoms with Gasteiger partial charge in [-0.25, -0.2) is 4.39 Å². The van der Waals surface area contributed by atoms with Gasteiger partial charge in [0.15, 0.2) is 5.78 Å². The van der Waals surface area contributed by atoms with Crippen molar-refractivity contribution in [2.75, 3.05) is 18.6 Å². The lowest BCUT2D eigenvalue weighted by molar-refractivity contribution is -0.152. The highest BCUT2D eigenvalue weighted by Gasteiger charge is 2.50. The monoisotopic (exact) mass is 519 g/mol. The van der Waals surface area contributed by atoms with E-state index >= 15 is 0 Å². The van der Waals surface area contributed by atoms with Crippen LogP contribution in [0, 0.1) is 11.7 Å². The molecule has 8 heteroatoms. The molecule has 0 spiro atoms. The van der Waals surface area contributed by atoms with Gasteiger partial charge in [-0.3, -0.25) is 19.3 Å². The fraction of sp³-hybridized carbons (Fsp3) is 0.276. The number of allylic oxidation sites excluding steroid dienone is 2. The molecule has 0 N–H and O–H groups in total. The maximum absolute atomic E-state index is 14.2. The van der Waals surface area contributed by atoms with Crippen molar-refractivity contribution in [3.8, 4) is 5.75 Å². The maximum atomic E-state index is 14.2. The van der Waals surface area contributed by atoms with Crippen LogP contribution in [0.1, 0.15) is 42.0 Å². The van der Waals surface area contributed by atoms with Crippen molar-refractivity contribution in [1.29, 1.82) is 0 Å². The average Bonchev–Trinajstić information content (AvgIpc) is 3.44. The molecule has 2 aromatic carbocycles. The van der Waals surface area contributed by atoms with E-state index in [1.807, 2.05) is 29.6 Å². The predicted molar refractivity (Wildman–Crippen MR) is 138 cm³/mol. The van der Waals surface area contributed by atoms with Crippen LogP contribution in [0.3, 0.4) is 0 Å². The van der Waals surface area contributed by atoms with Gasteiger partial charge in [-0.15, -0.1) is 11.3 Å². The summed E-state index contributed by atoms with van der Waals surface area (Å²) in [4.78, 5) is 43.4. The van der Waals surface area contributed by atoms with Crippen molar-refractivity contribution in [2.45, 2.75) is 31.6 Å². The molecule has 0 saturated heterocycles. The van der Waals surface area contributed by atoms with Crippen LogP contribution in [-0.4, -0.2) is 31.4 Å². The molecule has 0 saturated carbocycles. The number of halogens is 1. The topological polar surface area (TPSA) is 72.9 Å². The molecule has 190 valence electrons. The maximum Gasteiger partial charge on any atom is 0.317 e. The SMILES string of the molecule is CCOC(=O)[C@@H]1C(=O)C2=C(C[C@H]1c1cccs1)N(c1ccc(F)cc1)C(=O)C[C@@H]2c1ccc(OC)cc1. The third-order valence-corrected chi connectivity index (χ3v) is 7.98. The second-order valence-corrected chi connectivity index (χ2v) is 10.00. The fourth-order valence-electron chi connectivity index (χ4n) is 5.31. The van der Waals surface area contributed by atoms with Crippen LogP contribution in [0.4, 0.5) is 10.1 Å². The number of nitrogens with zero attached hydrogens (tertiary/aromatic N) is 1. The number of amides is 1. The molecule has 6 nitrogen and oxygen atoms in total. The third-order valence-electron chi connectivity index (χ3n) is 6.97. The number of hydrogen-bond donors (Lipinski definition) is 0. The summed E-state index contributed by atoms with van der Waals surface area (Å²) >= 11 is 1.46. The van der Waals surface area contributed by atoms with Crippen LogP contribution in [0.15, 0.2) is 77.3 Å². The number of carbonyl (C=O) groups excluding carboxylic acids is 3.